The summed E-state index contributed by atoms with van der Waals surface area (Å²) >= 11 is 0. The quantitative estimate of drug-likeness (QED) is 0.286. The Kier molecular flexibility index (Phi) is 11.3. The summed E-state index contributed by atoms with van der Waals surface area (Å²) in [5, 5.41) is 6.88. The van der Waals surface area contributed by atoms with Crippen LogP contribution < -0.4 is 10.6 Å². The fourth-order valence-corrected chi connectivity index (χ4v) is 4.03. The van der Waals surface area contributed by atoms with E-state index in [2.05, 4.69) is 39.4 Å². The smallest absolute Gasteiger partial charge is 0.226 e. The van der Waals surface area contributed by atoms with E-state index in [-0.39, 0.29) is 24.0 Å². The fourth-order valence-electron chi connectivity index (χ4n) is 4.03. The topological polar surface area (TPSA) is 74.9 Å². The second-order valence-corrected chi connectivity index (χ2v) is 7.61. The van der Waals surface area contributed by atoms with Crippen LogP contribution in [0.25, 0.3) is 11.5 Å². The molecule has 0 spiro atoms. The van der Waals surface area contributed by atoms with Crippen molar-refractivity contribution in [1.29, 1.82) is 0 Å². The van der Waals surface area contributed by atoms with Gasteiger partial charge in [0.2, 0.25) is 5.89 Å². The van der Waals surface area contributed by atoms with Crippen molar-refractivity contribution in [1.82, 2.24) is 20.5 Å². The molecule has 2 N–H and O–H groups in total. The molecule has 0 saturated carbocycles. The average Bonchev–Trinajstić information content (AvgIpc) is 3.29. The maximum Gasteiger partial charge on any atom is 0.226 e. The maximum absolute atomic E-state index is 5.62. The number of aliphatic imine (C=N–C) groups is 1. The second kappa shape index (κ2) is 13.7. The van der Waals surface area contributed by atoms with Gasteiger partial charge in [-0.05, 0) is 18.1 Å². The van der Waals surface area contributed by atoms with Crippen molar-refractivity contribution >= 4 is 29.9 Å². The van der Waals surface area contributed by atoms with E-state index in [1.807, 2.05) is 30.3 Å². The number of nitrogens with one attached hydrogen (secondary N) is 2. The number of benzene rings is 1. The van der Waals surface area contributed by atoms with Crippen LogP contribution in [0.5, 0.6) is 0 Å². The molecule has 172 valence electrons. The zero-order chi connectivity index (χ0) is 21.2. The van der Waals surface area contributed by atoms with Gasteiger partial charge in [0.25, 0.3) is 0 Å². The van der Waals surface area contributed by atoms with Gasteiger partial charge in [0, 0.05) is 38.3 Å². The lowest BCUT2D eigenvalue weighted by molar-refractivity contribution is 0.00272. The van der Waals surface area contributed by atoms with Crippen molar-refractivity contribution in [3.05, 3.63) is 42.3 Å². The molecule has 1 aliphatic heterocycles. The molecule has 8 heteroatoms. The first kappa shape index (κ1) is 25.6. The minimum absolute atomic E-state index is 0. The van der Waals surface area contributed by atoms with E-state index in [4.69, 9.17) is 9.15 Å². The third-order valence-corrected chi connectivity index (χ3v) is 5.82. The van der Waals surface area contributed by atoms with Crippen LogP contribution in [0.3, 0.4) is 0 Å². The fraction of sp³-hybridized carbons (Fsp3) is 0.565. The molecule has 0 bridgehead atoms. The van der Waals surface area contributed by atoms with Gasteiger partial charge in [-0.2, -0.15) is 0 Å². The highest BCUT2D eigenvalue weighted by molar-refractivity contribution is 14.0. The molecule has 0 aliphatic carbocycles. The van der Waals surface area contributed by atoms with E-state index in [1.165, 1.54) is 12.8 Å². The molecule has 1 atom stereocenters. The molecule has 1 aromatic carbocycles. The molecule has 0 radical (unpaired) electrons. The van der Waals surface area contributed by atoms with Crippen LogP contribution in [-0.2, 0) is 11.3 Å². The minimum Gasteiger partial charge on any atom is -0.444 e. The number of aromatic nitrogens is 1. The number of rotatable bonds is 9. The number of ether oxygens (including phenoxy) is 1. The summed E-state index contributed by atoms with van der Waals surface area (Å²) in [5.41, 5.74) is 1.83. The standard InChI is InChI=1S/C23H35N5O2.HI/c1-4-18(5-2)21(28-11-13-29-14-12-28)16-26-23(24-3)25-15-20-17-30-22(27-20)19-9-7-6-8-10-19;/h6-10,17-18,21H,4-5,11-16H2,1-3H3,(H2,24,25,26);1H. The average molecular weight is 541 g/mol. The van der Waals surface area contributed by atoms with Crippen molar-refractivity contribution < 1.29 is 9.15 Å². The molecule has 1 aliphatic rings. The summed E-state index contributed by atoms with van der Waals surface area (Å²) in [6, 6.07) is 10.4. The molecule has 1 saturated heterocycles. The lowest BCUT2D eigenvalue weighted by Crippen LogP contribution is -2.53. The van der Waals surface area contributed by atoms with E-state index >= 15 is 0 Å². The summed E-state index contributed by atoms with van der Waals surface area (Å²) in [4.78, 5) is 11.5. The molecule has 1 fully saturated rings. The van der Waals surface area contributed by atoms with Crippen LogP contribution in [0.1, 0.15) is 32.4 Å². The minimum atomic E-state index is 0. The van der Waals surface area contributed by atoms with E-state index in [1.54, 1.807) is 13.3 Å². The molecule has 31 heavy (non-hydrogen) atoms. The lowest BCUT2D eigenvalue weighted by Gasteiger charge is -2.39. The second-order valence-electron chi connectivity index (χ2n) is 7.61. The third-order valence-electron chi connectivity index (χ3n) is 5.82. The van der Waals surface area contributed by atoms with Crippen LogP contribution in [0, 0.1) is 5.92 Å². The number of oxazole rings is 1. The SMILES string of the molecule is CCC(CC)C(CNC(=NC)NCc1coc(-c2ccccc2)n1)N1CCOCC1.I. The van der Waals surface area contributed by atoms with Crippen LogP contribution in [0.15, 0.2) is 46.0 Å². The monoisotopic (exact) mass is 541 g/mol. The number of nitrogens with zero attached hydrogens (tertiary/aromatic N) is 3. The van der Waals surface area contributed by atoms with Crippen LogP contribution in [0.2, 0.25) is 0 Å². The molecule has 1 aromatic heterocycles. The Morgan fingerprint density at radius 3 is 2.48 bits per heavy atom. The van der Waals surface area contributed by atoms with Gasteiger partial charge >= 0.3 is 0 Å². The van der Waals surface area contributed by atoms with Gasteiger partial charge in [0.15, 0.2) is 5.96 Å². The van der Waals surface area contributed by atoms with Gasteiger partial charge in [0.05, 0.1) is 25.5 Å². The molecule has 3 rings (SSSR count). The Bertz CT molecular complexity index is 773. The highest BCUT2D eigenvalue weighted by Crippen LogP contribution is 2.20. The van der Waals surface area contributed by atoms with Crippen molar-refractivity contribution in [2.75, 3.05) is 39.9 Å². The van der Waals surface area contributed by atoms with E-state index in [0.29, 0.717) is 24.4 Å². The number of hydrogen-bond acceptors (Lipinski definition) is 5. The maximum atomic E-state index is 5.62. The normalized spacial score (nSPS) is 16.1. The summed E-state index contributed by atoms with van der Waals surface area (Å²) in [6.45, 7) is 9.61. The Morgan fingerprint density at radius 2 is 1.84 bits per heavy atom. The zero-order valence-corrected chi connectivity index (χ0v) is 21.2. The number of guanidine groups is 1. The van der Waals surface area contributed by atoms with E-state index in [0.717, 1.165) is 50.1 Å². The van der Waals surface area contributed by atoms with Gasteiger partial charge in [0.1, 0.15) is 6.26 Å². The highest BCUT2D eigenvalue weighted by Gasteiger charge is 2.27. The number of halogens is 1. The molecule has 2 heterocycles. The molecule has 2 aromatic rings. The van der Waals surface area contributed by atoms with Crippen molar-refractivity contribution in [3.63, 3.8) is 0 Å². The third kappa shape index (κ3) is 7.47. The summed E-state index contributed by atoms with van der Waals surface area (Å²) in [7, 11) is 1.80. The Morgan fingerprint density at radius 1 is 1.13 bits per heavy atom. The molecule has 7 nitrogen and oxygen atoms in total. The van der Waals surface area contributed by atoms with Gasteiger partial charge < -0.3 is 19.8 Å². The lowest BCUT2D eigenvalue weighted by atomic mass is 9.92. The Balaban J connectivity index is 0.00000341. The number of morpholine rings is 1. The summed E-state index contributed by atoms with van der Waals surface area (Å²) < 4.78 is 11.2. The van der Waals surface area contributed by atoms with Gasteiger partial charge in [-0.3, -0.25) is 9.89 Å². The zero-order valence-electron chi connectivity index (χ0n) is 18.8. The van der Waals surface area contributed by atoms with E-state index in [9.17, 15) is 0 Å². The van der Waals surface area contributed by atoms with Gasteiger partial charge in [-0.15, -0.1) is 24.0 Å². The Labute approximate surface area is 203 Å². The first-order valence-corrected chi connectivity index (χ1v) is 11.0. The first-order valence-electron chi connectivity index (χ1n) is 11.0. The summed E-state index contributed by atoms with van der Waals surface area (Å²) in [6.07, 6.45) is 4.05. The highest BCUT2D eigenvalue weighted by atomic mass is 127. The predicted molar refractivity (Wildman–Crippen MR) is 136 cm³/mol. The van der Waals surface area contributed by atoms with Gasteiger partial charge in [-0.1, -0.05) is 44.9 Å². The predicted octanol–water partition coefficient (Wildman–Crippen LogP) is 3.76. The van der Waals surface area contributed by atoms with Crippen LogP contribution in [-0.4, -0.2) is 61.8 Å². The molecule has 0 amide bonds. The van der Waals surface area contributed by atoms with Gasteiger partial charge in [-0.25, -0.2) is 4.98 Å². The van der Waals surface area contributed by atoms with Crippen LogP contribution in [0.4, 0.5) is 0 Å². The van der Waals surface area contributed by atoms with E-state index < -0.39 is 0 Å². The van der Waals surface area contributed by atoms with Crippen LogP contribution >= 0.6 is 24.0 Å². The van der Waals surface area contributed by atoms with Crippen molar-refractivity contribution in [2.24, 2.45) is 10.9 Å². The molecule has 1 unspecified atom stereocenters. The number of hydrogen-bond donors (Lipinski definition) is 2. The van der Waals surface area contributed by atoms with Crippen molar-refractivity contribution in [3.8, 4) is 11.5 Å². The molecular weight excluding hydrogens is 505 g/mol. The molecular formula is C23H36IN5O2. The van der Waals surface area contributed by atoms with Crippen molar-refractivity contribution in [2.45, 2.75) is 39.3 Å². The largest absolute Gasteiger partial charge is 0.444 e. The summed E-state index contributed by atoms with van der Waals surface area (Å²) in [5.74, 6) is 2.07. The Hall–Kier alpha value is -1.65. The first-order chi connectivity index (χ1) is 14.7.